The molecule has 1 N–H and O–H groups in total. The van der Waals surface area contributed by atoms with Crippen LogP contribution in [0, 0.1) is 0 Å². The van der Waals surface area contributed by atoms with Gasteiger partial charge in [-0.15, -0.1) is 0 Å². The number of nitrogens with zero attached hydrogens (tertiary/aromatic N) is 1. The summed E-state index contributed by atoms with van der Waals surface area (Å²) in [5, 5.41) is 3.65. The molecule has 15 heavy (non-hydrogen) atoms. The van der Waals surface area contributed by atoms with Gasteiger partial charge < -0.3 is 5.32 Å². The maximum Gasteiger partial charge on any atom is 0.0195 e. The zero-order valence-electron chi connectivity index (χ0n) is 10.8. The van der Waals surface area contributed by atoms with Crippen molar-refractivity contribution in [3.63, 3.8) is 0 Å². The molecule has 2 heteroatoms. The highest BCUT2D eigenvalue weighted by Crippen LogP contribution is 2.12. The van der Waals surface area contributed by atoms with Gasteiger partial charge >= 0.3 is 0 Å². The van der Waals surface area contributed by atoms with Crippen LogP contribution < -0.4 is 5.32 Å². The van der Waals surface area contributed by atoms with Crippen molar-refractivity contribution in [3.05, 3.63) is 0 Å². The fourth-order valence-corrected chi connectivity index (χ4v) is 2.40. The first-order chi connectivity index (χ1) is 7.27. The highest BCUT2D eigenvalue weighted by molar-refractivity contribution is 4.78. The summed E-state index contributed by atoms with van der Waals surface area (Å²) in [6.45, 7) is 10.7. The SMILES string of the molecule is CCCN(CC1CCCCN1)C(C)CC. The molecule has 0 aromatic rings. The molecular formula is C13H28N2. The Kier molecular flexibility index (Phi) is 6.26. The first-order valence-electron chi connectivity index (χ1n) is 6.75. The van der Waals surface area contributed by atoms with Crippen LogP contribution in [0.2, 0.25) is 0 Å². The Hall–Kier alpha value is -0.0800. The summed E-state index contributed by atoms with van der Waals surface area (Å²) in [4.78, 5) is 2.66. The Labute approximate surface area is 95.4 Å². The van der Waals surface area contributed by atoms with E-state index in [0.717, 1.165) is 12.1 Å². The van der Waals surface area contributed by atoms with Crippen LogP contribution in [0.4, 0.5) is 0 Å². The number of nitrogens with one attached hydrogen (secondary N) is 1. The highest BCUT2D eigenvalue weighted by atomic mass is 15.2. The van der Waals surface area contributed by atoms with Crippen molar-refractivity contribution in [3.8, 4) is 0 Å². The molecule has 2 atom stereocenters. The van der Waals surface area contributed by atoms with Gasteiger partial charge in [-0.05, 0) is 45.7 Å². The van der Waals surface area contributed by atoms with Crippen LogP contribution in [0.3, 0.4) is 0 Å². The maximum absolute atomic E-state index is 3.65. The third-order valence-electron chi connectivity index (χ3n) is 3.59. The largest absolute Gasteiger partial charge is 0.313 e. The average molecular weight is 212 g/mol. The maximum atomic E-state index is 3.65. The van der Waals surface area contributed by atoms with E-state index >= 15 is 0 Å². The molecule has 1 rings (SSSR count). The van der Waals surface area contributed by atoms with Gasteiger partial charge in [-0.2, -0.15) is 0 Å². The predicted octanol–water partition coefficient (Wildman–Crippen LogP) is 2.64. The minimum Gasteiger partial charge on any atom is -0.313 e. The number of hydrogen-bond donors (Lipinski definition) is 1. The lowest BCUT2D eigenvalue weighted by Gasteiger charge is -2.34. The second-order valence-electron chi connectivity index (χ2n) is 4.90. The lowest BCUT2D eigenvalue weighted by Crippen LogP contribution is -2.46. The predicted molar refractivity (Wildman–Crippen MR) is 67.3 cm³/mol. The van der Waals surface area contributed by atoms with Gasteiger partial charge in [-0.1, -0.05) is 20.3 Å². The van der Waals surface area contributed by atoms with Gasteiger partial charge in [0.2, 0.25) is 0 Å². The normalized spacial score (nSPS) is 24.4. The van der Waals surface area contributed by atoms with Crippen LogP contribution in [0.25, 0.3) is 0 Å². The first kappa shape index (κ1) is 13.0. The van der Waals surface area contributed by atoms with E-state index < -0.39 is 0 Å². The van der Waals surface area contributed by atoms with E-state index in [0.29, 0.717) is 0 Å². The van der Waals surface area contributed by atoms with Crippen LogP contribution in [0.15, 0.2) is 0 Å². The standard InChI is InChI=1S/C13H28N2/c1-4-10-15(12(3)5-2)11-13-8-6-7-9-14-13/h12-14H,4-11H2,1-3H3. The molecule has 0 bridgehead atoms. The molecule has 1 aliphatic heterocycles. The summed E-state index contributed by atoms with van der Waals surface area (Å²) in [6, 6.07) is 1.49. The van der Waals surface area contributed by atoms with Crippen molar-refractivity contribution in [1.82, 2.24) is 10.2 Å². The number of piperidine rings is 1. The molecule has 1 heterocycles. The summed E-state index contributed by atoms with van der Waals surface area (Å²) in [5.74, 6) is 0. The molecule has 2 unspecified atom stereocenters. The monoisotopic (exact) mass is 212 g/mol. The Morgan fingerprint density at radius 2 is 2.13 bits per heavy atom. The van der Waals surface area contributed by atoms with Crippen LogP contribution >= 0.6 is 0 Å². The lowest BCUT2D eigenvalue weighted by molar-refractivity contribution is 0.172. The molecule has 0 aliphatic carbocycles. The van der Waals surface area contributed by atoms with E-state index in [9.17, 15) is 0 Å². The average Bonchev–Trinajstić information content (AvgIpc) is 2.29. The Morgan fingerprint density at radius 3 is 2.67 bits per heavy atom. The number of rotatable bonds is 6. The zero-order valence-corrected chi connectivity index (χ0v) is 10.8. The minimum atomic E-state index is 0.744. The van der Waals surface area contributed by atoms with Crippen LogP contribution in [0.1, 0.15) is 52.9 Å². The summed E-state index contributed by atoms with van der Waals surface area (Å²) < 4.78 is 0. The lowest BCUT2D eigenvalue weighted by atomic mass is 10.0. The van der Waals surface area contributed by atoms with Crippen molar-refractivity contribution < 1.29 is 0 Å². The van der Waals surface area contributed by atoms with E-state index in [1.54, 1.807) is 0 Å². The molecule has 0 saturated carbocycles. The Bertz CT molecular complexity index is 153. The van der Waals surface area contributed by atoms with Crippen molar-refractivity contribution in [1.29, 1.82) is 0 Å². The van der Waals surface area contributed by atoms with Gasteiger partial charge in [-0.25, -0.2) is 0 Å². The molecule has 2 nitrogen and oxygen atoms in total. The Morgan fingerprint density at radius 1 is 1.33 bits per heavy atom. The van der Waals surface area contributed by atoms with E-state index in [2.05, 4.69) is 31.0 Å². The Balaban J connectivity index is 2.34. The second kappa shape index (κ2) is 7.24. The van der Waals surface area contributed by atoms with Gasteiger partial charge in [-0.3, -0.25) is 4.90 Å². The van der Waals surface area contributed by atoms with E-state index in [4.69, 9.17) is 0 Å². The third-order valence-corrected chi connectivity index (χ3v) is 3.59. The van der Waals surface area contributed by atoms with E-state index in [-0.39, 0.29) is 0 Å². The summed E-state index contributed by atoms with van der Waals surface area (Å²) in [7, 11) is 0. The van der Waals surface area contributed by atoms with Crippen molar-refractivity contribution in [2.45, 2.75) is 65.0 Å². The van der Waals surface area contributed by atoms with Crippen LogP contribution in [-0.2, 0) is 0 Å². The van der Waals surface area contributed by atoms with Gasteiger partial charge in [0.15, 0.2) is 0 Å². The molecule has 0 spiro atoms. The fraction of sp³-hybridized carbons (Fsp3) is 1.00. The summed E-state index contributed by atoms with van der Waals surface area (Å²) in [5.41, 5.74) is 0. The van der Waals surface area contributed by atoms with Crippen molar-refractivity contribution >= 4 is 0 Å². The molecular weight excluding hydrogens is 184 g/mol. The molecule has 1 saturated heterocycles. The van der Waals surface area contributed by atoms with Gasteiger partial charge in [0.05, 0.1) is 0 Å². The van der Waals surface area contributed by atoms with Crippen LogP contribution in [-0.4, -0.2) is 36.6 Å². The minimum absolute atomic E-state index is 0.744. The summed E-state index contributed by atoms with van der Waals surface area (Å²) in [6.07, 6.45) is 6.70. The van der Waals surface area contributed by atoms with Gasteiger partial charge in [0.1, 0.15) is 0 Å². The van der Waals surface area contributed by atoms with Crippen molar-refractivity contribution in [2.24, 2.45) is 0 Å². The van der Waals surface area contributed by atoms with E-state index in [1.807, 2.05) is 0 Å². The highest BCUT2D eigenvalue weighted by Gasteiger charge is 2.18. The second-order valence-corrected chi connectivity index (χ2v) is 4.90. The molecule has 0 aromatic carbocycles. The molecule has 1 fully saturated rings. The van der Waals surface area contributed by atoms with Gasteiger partial charge in [0, 0.05) is 18.6 Å². The van der Waals surface area contributed by atoms with Gasteiger partial charge in [0.25, 0.3) is 0 Å². The topological polar surface area (TPSA) is 15.3 Å². The molecule has 90 valence electrons. The zero-order chi connectivity index (χ0) is 11.1. The van der Waals surface area contributed by atoms with Crippen LogP contribution in [0.5, 0.6) is 0 Å². The van der Waals surface area contributed by atoms with E-state index in [1.165, 1.54) is 51.7 Å². The smallest absolute Gasteiger partial charge is 0.0195 e. The molecule has 0 aromatic heterocycles. The molecule has 0 radical (unpaired) electrons. The number of hydrogen-bond acceptors (Lipinski definition) is 2. The first-order valence-corrected chi connectivity index (χ1v) is 6.75. The summed E-state index contributed by atoms with van der Waals surface area (Å²) >= 11 is 0. The molecule has 0 amide bonds. The molecule has 1 aliphatic rings. The quantitative estimate of drug-likeness (QED) is 0.728. The fourth-order valence-electron chi connectivity index (χ4n) is 2.40. The van der Waals surface area contributed by atoms with Crippen molar-refractivity contribution in [2.75, 3.05) is 19.6 Å². The third kappa shape index (κ3) is 4.52.